The van der Waals surface area contributed by atoms with Crippen LogP contribution in [0.4, 0.5) is 0 Å². The first-order valence-electron chi connectivity index (χ1n) is 10.4. The summed E-state index contributed by atoms with van der Waals surface area (Å²) in [5.41, 5.74) is 2.82. The fourth-order valence-corrected chi connectivity index (χ4v) is 7.01. The molecule has 140 valence electrons. The summed E-state index contributed by atoms with van der Waals surface area (Å²) in [5, 5.41) is 0. The van der Waals surface area contributed by atoms with Crippen LogP contribution in [0.2, 0.25) is 0 Å². The molecule has 1 aromatic carbocycles. The third-order valence-electron chi connectivity index (χ3n) is 8.19. The maximum atomic E-state index is 6.63. The van der Waals surface area contributed by atoms with Crippen molar-refractivity contribution in [3.05, 3.63) is 23.3 Å². The van der Waals surface area contributed by atoms with Gasteiger partial charge in [0.2, 0.25) is 0 Å². The number of nitrogens with zero attached hydrogens (tertiary/aromatic N) is 1. The average molecular weight is 355 g/mol. The van der Waals surface area contributed by atoms with Crippen LogP contribution >= 0.6 is 0 Å². The maximum absolute atomic E-state index is 6.63. The molecular weight excluding hydrogens is 326 g/mol. The lowest BCUT2D eigenvalue weighted by Crippen LogP contribution is -2.75. The number of ether oxygens (including phenoxy) is 3. The molecule has 0 aromatic heterocycles. The van der Waals surface area contributed by atoms with Gasteiger partial charge in [-0.05, 0) is 69.0 Å². The smallest absolute Gasteiger partial charge is 0.165 e. The molecule has 6 rings (SSSR count). The normalized spacial score (nSPS) is 40.1. The van der Waals surface area contributed by atoms with Gasteiger partial charge in [-0.25, -0.2) is 0 Å². The predicted molar refractivity (Wildman–Crippen MR) is 99.1 cm³/mol. The molecule has 26 heavy (non-hydrogen) atoms. The van der Waals surface area contributed by atoms with Gasteiger partial charge in [0.25, 0.3) is 0 Å². The zero-order valence-corrected chi connectivity index (χ0v) is 15.9. The highest BCUT2D eigenvalue weighted by atomic mass is 16.5. The topological polar surface area (TPSA) is 30.9 Å². The van der Waals surface area contributed by atoms with E-state index in [9.17, 15) is 0 Å². The van der Waals surface area contributed by atoms with Crippen molar-refractivity contribution in [3.63, 3.8) is 0 Å². The van der Waals surface area contributed by atoms with Crippen LogP contribution < -0.4 is 9.47 Å². The highest BCUT2D eigenvalue weighted by molar-refractivity contribution is 5.62. The highest BCUT2D eigenvalue weighted by Crippen LogP contribution is 2.66. The van der Waals surface area contributed by atoms with Crippen LogP contribution in [0.1, 0.15) is 49.7 Å². The largest absolute Gasteiger partial charge is 0.493 e. The Bertz CT molecular complexity index is 760. The van der Waals surface area contributed by atoms with Gasteiger partial charge in [0.1, 0.15) is 6.10 Å². The van der Waals surface area contributed by atoms with Crippen LogP contribution in [0.25, 0.3) is 0 Å². The minimum Gasteiger partial charge on any atom is -0.493 e. The molecule has 4 atom stereocenters. The van der Waals surface area contributed by atoms with Crippen molar-refractivity contribution in [3.8, 4) is 11.5 Å². The van der Waals surface area contributed by atoms with Gasteiger partial charge in [-0.2, -0.15) is 0 Å². The van der Waals surface area contributed by atoms with Crippen molar-refractivity contribution in [2.45, 2.75) is 68.1 Å². The second-order valence-electron chi connectivity index (χ2n) is 9.10. The highest BCUT2D eigenvalue weighted by Gasteiger charge is 2.72. The number of hydrogen-bond acceptors (Lipinski definition) is 4. The lowest BCUT2D eigenvalue weighted by Gasteiger charge is -2.64. The van der Waals surface area contributed by atoms with Gasteiger partial charge in [0.15, 0.2) is 11.5 Å². The molecule has 3 fully saturated rings. The predicted octanol–water partition coefficient (Wildman–Crippen LogP) is 3.30. The monoisotopic (exact) mass is 355 g/mol. The second-order valence-corrected chi connectivity index (χ2v) is 9.10. The number of piperidine rings is 1. The van der Waals surface area contributed by atoms with E-state index in [2.05, 4.69) is 17.0 Å². The number of benzene rings is 1. The van der Waals surface area contributed by atoms with E-state index in [0.29, 0.717) is 6.04 Å². The minimum absolute atomic E-state index is 0.0160. The molecule has 1 aromatic rings. The number of rotatable bonds is 4. The van der Waals surface area contributed by atoms with Gasteiger partial charge in [0.05, 0.1) is 18.1 Å². The molecule has 0 N–H and O–H groups in total. The Balaban J connectivity index is 1.57. The fraction of sp³-hybridized carbons (Fsp3) is 0.727. The lowest BCUT2D eigenvalue weighted by molar-refractivity contribution is -0.202. The van der Waals surface area contributed by atoms with E-state index < -0.39 is 0 Å². The quantitative estimate of drug-likeness (QED) is 0.829. The van der Waals surface area contributed by atoms with Crippen LogP contribution in [-0.2, 0) is 16.6 Å². The Morgan fingerprint density at radius 3 is 2.85 bits per heavy atom. The summed E-state index contributed by atoms with van der Waals surface area (Å²) >= 11 is 0. The Kier molecular flexibility index (Phi) is 3.13. The Morgan fingerprint density at radius 1 is 1.19 bits per heavy atom. The van der Waals surface area contributed by atoms with Crippen LogP contribution in [0.3, 0.4) is 0 Å². The lowest BCUT2D eigenvalue weighted by atomic mass is 9.49. The Labute approximate surface area is 155 Å². The third-order valence-corrected chi connectivity index (χ3v) is 8.19. The first kappa shape index (κ1) is 15.8. The summed E-state index contributed by atoms with van der Waals surface area (Å²) in [4.78, 5) is 2.78. The number of likely N-dealkylation sites (tertiary alicyclic amines) is 1. The van der Waals surface area contributed by atoms with Gasteiger partial charge in [-0.15, -0.1) is 0 Å². The summed E-state index contributed by atoms with van der Waals surface area (Å²) in [6.45, 7) is 2.44. The van der Waals surface area contributed by atoms with Crippen LogP contribution in [0.15, 0.2) is 12.1 Å². The van der Waals surface area contributed by atoms with Crippen molar-refractivity contribution >= 4 is 0 Å². The van der Waals surface area contributed by atoms with Crippen LogP contribution in [-0.4, -0.2) is 50.0 Å². The van der Waals surface area contributed by atoms with E-state index in [1.54, 1.807) is 7.11 Å². The minimum atomic E-state index is -0.104. The molecule has 2 saturated carbocycles. The van der Waals surface area contributed by atoms with Gasteiger partial charge >= 0.3 is 0 Å². The van der Waals surface area contributed by atoms with E-state index in [-0.39, 0.29) is 17.1 Å². The zero-order chi connectivity index (χ0) is 17.5. The maximum Gasteiger partial charge on any atom is 0.165 e. The second kappa shape index (κ2) is 5.17. The molecule has 2 aliphatic heterocycles. The third kappa shape index (κ3) is 1.69. The molecule has 1 saturated heterocycles. The van der Waals surface area contributed by atoms with E-state index in [0.717, 1.165) is 43.1 Å². The summed E-state index contributed by atoms with van der Waals surface area (Å²) < 4.78 is 18.9. The number of methoxy groups -OCH3 is 2. The van der Waals surface area contributed by atoms with Crippen molar-refractivity contribution in [2.75, 3.05) is 27.3 Å². The summed E-state index contributed by atoms with van der Waals surface area (Å²) in [6, 6.07) is 4.90. The van der Waals surface area contributed by atoms with Gasteiger partial charge < -0.3 is 14.2 Å². The van der Waals surface area contributed by atoms with E-state index in [1.165, 1.54) is 43.5 Å². The summed E-state index contributed by atoms with van der Waals surface area (Å²) in [7, 11) is 3.72. The molecule has 0 amide bonds. The molecule has 2 bridgehead atoms. The van der Waals surface area contributed by atoms with Crippen molar-refractivity contribution in [1.82, 2.24) is 4.90 Å². The molecule has 1 spiro atoms. The zero-order valence-electron chi connectivity index (χ0n) is 15.9. The first-order valence-corrected chi connectivity index (χ1v) is 10.4. The Hall–Kier alpha value is -1.26. The van der Waals surface area contributed by atoms with E-state index in [1.807, 2.05) is 7.11 Å². The van der Waals surface area contributed by atoms with Crippen LogP contribution in [0.5, 0.6) is 11.5 Å². The van der Waals surface area contributed by atoms with Gasteiger partial charge in [0, 0.05) is 25.3 Å². The van der Waals surface area contributed by atoms with E-state index >= 15 is 0 Å². The SMILES string of the molecule is COc1ccc2c3c1OC1CCC[C@@]4(OC)C(C2)N(CC2CC2)CCC314. The fourth-order valence-electron chi connectivity index (χ4n) is 7.01. The molecule has 4 nitrogen and oxygen atoms in total. The van der Waals surface area contributed by atoms with Crippen LogP contribution in [0, 0.1) is 5.92 Å². The molecule has 0 radical (unpaired) electrons. The molecule has 3 aliphatic carbocycles. The van der Waals surface area contributed by atoms with Crippen molar-refractivity contribution in [1.29, 1.82) is 0 Å². The standard InChI is InChI=1S/C22H29NO3/c1-24-16-8-7-15-12-17-22(25-2)9-3-4-18-21(22,19(15)20(16)26-18)10-11-23(17)13-14-5-6-14/h7-8,14,17-18H,3-6,9-13H2,1-2H3/t17?,18?,21?,22-/m1/s1. The van der Waals surface area contributed by atoms with Gasteiger partial charge in [-0.1, -0.05) is 6.07 Å². The summed E-state index contributed by atoms with van der Waals surface area (Å²) in [6.07, 6.45) is 8.80. The molecule has 2 heterocycles. The number of hydrogen-bond donors (Lipinski definition) is 0. The van der Waals surface area contributed by atoms with Gasteiger partial charge in [-0.3, -0.25) is 4.90 Å². The molecule has 3 unspecified atom stereocenters. The summed E-state index contributed by atoms with van der Waals surface area (Å²) in [5.74, 6) is 2.84. The first-order chi connectivity index (χ1) is 12.7. The van der Waals surface area contributed by atoms with Crippen molar-refractivity contribution in [2.24, 2.45) is 5.92 Å². The molecule has 5 aliphatic rings. The molecule has 4 heteroatoms. The van der Waals surface area contributed by atoms with Crippen molar-refractivity contribution < 1.29 is 14.2 Å². The molecular formula is C22H29NO3. The Morgan fingerprint density at radius 2 is 2.08 bits per heavy atom. The van der Waals surface area contributed by atoms with E-state index in [4.69, 9.17) is 14.2 Å². The average Bonchev–Trinajstić information content (AvgIpc) is 3.41.